The smallest absolute Gasteiger partial charge is 0.253 e. The van der Waals surface area contributed by atoms with Crippen LogP contribution in [0.2, 0.25) is 5.02 Å². The summed E-state index contributed by atoms with van der Waals surface area (Å²) < 4.78 is 19.6. The van der Waals surface area contributed by atoms with Gasteiger partial charge in [-0.05, 0) is 6.07 Å². The number of pyridine rings is 1. The number of carbonyl (C=O) groups excluding carboxylic acids is 1. The van der Waals surface area contributed by atoms with Crippen molar-refractivity contribution in [3.63, 3.8) is 0 Å². The van der Waals surface area contributed by atoms with Crippen LogP contribution in [0.1, 0.15) is 0 Å². The maximum absolute atomic E-state index is 14.0. The summed E-state index contributed by atoms with van der Waals surface area (Å²) in [6.45, 7) is 2.69. The van der Waals surface area contributed by atoms with Gasteiger partial charge in [-0.1, -0.05) is 11.6 Å². The average Bonchev–Trinajstić information content (AvgIpc) is 2.55. The Morgan fingerprint density at radius 1 is 1.41 bits per heavy atom. The number of rotatable bonds is 2. The molecule has 22 heavy (non-hydrogen) atoms. The summed E-state index contributed by atoms with van der Waals surface area (Å²) in [7, 11) is 0. The summed E-state index contributed by atoms with van der Waals surface area (Å²) in [5.41, 5.74) is 0. The number of hydrogen-bond acceptors (Lipinski definition) is 5. The number of hydrogen-bond donors (Lipinski definition) is 0. The third kappa shape index (κ3) is 3.47. The molecule has 2 aliphatic rings. The minimum Gasteiger partial charge on any atom is -0.365 e. The molecule has 2 saturated heterocycles. The summed E-state index contributed by atoms with van der Waals surface area (Å²) in [6.07, 6.45) is 0.849. The lowest BCUT2D eigenvalue weighted by molar-refractivity contribution is -0.144. The van der Waals surface area contributed by atoms with Gasteiger partial charge in [-0.2, -0.15) is 11.8 Å². The zero-order chi connectivity index (χ0) is 15.5. The number of morpholine rings is 1. The van der Waals surface area contributed by atoms with Crippen LogP contribution < -0.4 is 4.90 Å². The summed E-state index contributed by atoms with van der Waals surface area (Å²) in [4.78, 5) is 20.1. The number of nitrogens with zero attached hydrogens (tertiary/aromatic N) is 3. The van der Waals surface area contributed by atoms with Gasteiger partial charge in [-0.3, -0.25) is 4.79 Å². The molecule has 8 heteroatoms. The van der Waals surface area contributed by atoms with Crippen LogP contribution in [0.3, 0.4) is 0 Å². The quantitative estimate of drug-likeness (QED) is 0.815. The Labute approximate surface area is 137 Å². The minimum absolute atomic E-state index is 0.0145. The van der Waals surface area contributed by atoms with Crippen LogP contribution in [0.25, 0.3) is 0 Å². The third-order valence-corrected chi connectivity index (χ3v) is 4.90. The molecule has 0 radical (unpaired) electrons. The number of thioether (sulfide) groups is 1. The summed E-state index contributed by atoms with van der Waals surface area (Å²) in [5.74, 6) is 1.64. The number of amides is 1. The van der Waals surface area contributed by atoms with E-state index in [4.69, 9.17) is 16.3 Å². The van der Waals surface area contributed by atoms with Crippen LogP contribution in [-0.4, -0.2) is 66.2 Å². The first-order valence-corrected chi connectivity index (χ1v) is 8.72. The van der Waals surface area contributed by atoms with Crippen LogP contribution in [0.5, 0.6) is 0 Å². The maximum atomic E-state index is 14.0. The van der Waals surface area contributed by atoms with Gasteiger partial charge in [0, 0.05) is 37.3 Å². The van der Waals surface area contributed by atoms with E-state index in [-0.39, 0.29) is 16.7 Å². The Bertz CT molecular complexity index is 557. The van der Waals surface area contributed by atoms with E-state index in [0.29, 0.717) is 19.7 Å². The Balaban J connectivity index is 1.69. The van der Waals surface area contributed by atoms with Gasteiger partial charge >= 0.3 is 0 Å². The predicted molar refractivity (Wildman–Crippen MR) is 85.1 cm³/mol. The molecular weight excluding hydrogens is 329 g/mol. The van der Waals surface area contributed by atoms with Crippen LogP contribution in [-0.2, 0) is 9.53 Å². The van der Waals surface area contributed by atoms with Crippen LogP contribution in [0.4, 0.5) is 10.2 Å². The topological polar surface area (TPSA) is 45.7 Å². The van der Waals surface area contributed by atoms with Crippen LogP contribution in [0, 0.1) is 5.82 Å². The lowest BCUT2D eigenvalue weighted by atomic mass is 10.2. The van der Waals surface area contributed by atoms with Crippen LogP contribution >= 0.6 is 23.4 Å². The highest BCUT2D eigenvalue weighted by molar-refractivity contribution is 7.99. The van der Waals surface area contributed by atoms with Crippen molar-refractivity contribution in [3.05, 3.63) is 23.1 Å². The molecule has 1 aromatic heterocycles. The van der Waals surface area contributed by atoms with E-state index < -0.39 is 11.9 Å². The Morgan fingerprint density at radius 2 is 2.18 bits per heavy atom. The fourth-order valence-corrected chi connectivity index (χ4v) is 3.67. The normalized spacial score (nSPS) is 22.7. The molecule has 1 aromatic rings. The summed E-state index contributed by atoms with van der Waals surface area (Å²) in [5, 5.41) is 0.257. The van der Waals surface area contributed by atoms with E-state index in [2.05, 4.69) is 4.98 Å². The molecule has 5 nitrogen and oxygen atoms in total. The summed E-state index contributed by atoms with van der Waals surface area (Å²) in [6, 6.07) is 1.23. The van der Waals surface area contributed by atoms with Crippen molar-refractivity contribution in [2.24, 2.45) is 0 Å². The SMILES string of the molecule is O=C(C1CN(c2ncc(Cl)cc2F)CCO1)N1CCSCC1. The highest BCUT2D eigenvalue weighted by Crippen LogP contribution is 2.22. The molecule has 120 valence electrons. The highest BCUT2D eigenvalue weighted by Gasteiger charge is 2.32. The zero-order valence-corrected chi connectivity index (χ0v) is 13.6. The average molecular weight is 346 g/mol. The molecule has 2 fully saturated rings. The Morgan fingerprint density at radius 3 is 2.91 bits per heavy atom. The standard InChI is InChI=1S/C14H17ClFN3O2S/c15-10-7-11(16)13(17-8-10)19-1-4-21-12(9-19)14(20)18-2-5-22-6-3-18/h7-8,12H,1-6,9H2. The van der Waals surface area contributed by atoms with E-state index in [0.717, 1.165) is 24.6 Å². The van der Waals surface area contributed by atoms with Crippen molar-refractivity contribution in [3.8, 4) is 0 Å². The zero-order valence-electron chi connectivity index (χ0n) is 12.0. The first kappa shape index (κ1) is 15.8. The molecule has 0 saturated carbocycles. The van der Waals surface area contributed by atoms with Crippen molar-refractivity contribution in [1.29, 1.82) is 0 Å². The molecular formula is C14H17ClFN3O2S. The number of carbonyl (C=O) groups is 1. The van der Waals surface area contributed by atoms with Gasteiger partial charge in [0.15, 0.2) is 17.7 Å². The van der Waals surface area contributed by atoms with E-state index in [1.165, 1.54) is 12.3 Å². The van der Waals surface area contributed by atoms with Gasteiger partial charge in [0.05, 0.1) is 18.2 Å². The second-order valence-electron chi connectivity index (χ2n) is 5.20. The van der Waals surface area contributed by atoms with E-state index in [9.17, 15) is 9.18 Å². The third-order valence-electron chi connectivity index (χ3n) is 3.75. The first-order valence-electron chi connectivity index (χ1n) is 7.19. The number of anilines is 1. The molecule has 1 atom stereocenters. The van der Waals surface area contributed by atoms with Crippen molar-refractivity contribution >= 4 is 35.1 Å². The molecule has 1 unspecified atom stereocenters. The summed E-state index contributed by atoms with van der Waals surface area (Å²) >= 11 is 7.57. The molecule has 3 rings (SSSR count). The van der Waals surface area contributed by atoms with Gasteiger partial charge in [-0.15, -0.1) is 0 Å². The fourth-order valence-electron chi connectivity index (χ4n) is 2.62. The van der Waals surface area contributed by atoms with Crippen LogP contribution in [0.15, 0.2) is 12.3 Å². The predicted octanol–water partition coefficient (Wildman–Crippen LogP) is 1.65. The molecule has 1 amide bonds. The molecule has 2 aliphatic heterocycles. The van der Waals surface area contributed by atoms with Crippen molar-refractivity contribution < 1.29 is 13.9 Å². The largest absolute Gasteiger partial charge is 0.365 e. The minimum atomic E-state index is -0.561. The van der Waals surface area contributed by atoms with E-state index in [1.54, 1.807) is 4.90 Å². The Kier molecular flexibility index (Phi) is 5.05. The molecule has 0 aliphatic carbocycles. The monoisotopic (exact) mass is 345 g/mol. The van der Waals surface area contributed by atoms with Crippen molar-refractivity contribution in [2.45, 2.75) is 6.10 Å². The lowest BCUT2D eigenvalue weighted by Gasteiger charge is -2.36. The molecule has 0 N–H and O–H groups in total. The second kappa shape index (κ2) is 7.02. The van der Waals surface area contributed by atoms with E-state index >= 15 is 0 Å². The van der Waals surface area contributed by atoms with Gasteiger partial charge in [0.25, 0.3) is 5.91 Å². The Hall–Kier alpha value is -1.05. The van der Waals surface area contributed by atoms with Gasteiger partial charge in [0.1, 0.15) is 0 Å². The van der Waals surface area contributed by atoms with Gasteiger partial charge in [0.2, 0.25) is 0 Å². The fraction of sp³-hybridized carbons (Fsp3) is 0.571. The lowest BCUT2D eigenvalue weighted by Crippen LogP contribution is -2.53. The molecule has 0 spiro atoms. The number of halogens is 2. The van der Waals surface area contributed by atoms with Crippen molar-refractivity contribution in [2.75, 3.05) is 49.2 Å². The van der Waals surface area contributed by atoms with E-state index in [1.807, 2.05) is 16.7 Å². The molecule has 3 heterocycles. The molecule has 0 bridgehead atoms. The number of ether oxygens (including phenoxy) is 1. The van der Waals surface area contributed by atoms with Gasteiger partial charge in [-0.25, -0.2) is 9.37 Å². The number of aromatic nitrogens is 1. The van der Waals surface area contributed by atoms with Gasteiger partial charge < -0.3 is 14.5 Å². The second-order valence-corrected chi connectivity index (χ2v) is 6.86. The maximum Gasteiger partial charge on any atom is 0.253 e. The molecule has 0 aromatic carbocycles. The van der Waals surface area contributed by atoms with Crippen molar-refractivity contribution in [1.82, 2.24) is 9.88 Å². The first-order chi connectivity index (χ1) is 10.6. The highest BCUT2D eigenvalue weighted by atomic mass is 35.5.